The highest BCUT2D eigenvalue weighted by molar-refractivity contribution is 5.89. The van der Waals surface area contributed by atoms with E-state index in [1.807, 2.05) is 50.2 Å². The number of aromatic nitrogens is 1. The predicted molar refractivity (Wildman–Crippen MR) is 86.6 cm³/mol. The standard InChI is InChI=1S/C19H17NO2/c1-10-7-8-12-11(2)16-17(20-15(12)9-10)13-5-3-4-6-14(13)18(21)19(16)22/h3-9,18-19,21-22H,1-2H3/t18-,19-/m1/s1. The highest BCUT2D eigenvalue weighted by Gasteiger charge is 2.33. The molecule has 0 radical (unpaired) electrons. The highest BCUT2D eigenvalue weighted by Crippen LogP contribution is 2.46. The van der Waals surface area contributed by atoms with Crippen molar-refractivity contribution in [2.45, 2.75) is 26.1 Å². The molecular formula is C19H17NO2. The Bertz CT molecular complexity index is 901. The molecule has 1 aromatic heterocycles. The van der Waals surface area contributed by atoms with E-state index in [9.17, 15) is 10.2 Å². The molecule has 0 fully saturated rings. The van der Waals surface area contributed by atoms with Gasteiger partial charge in [0.05, 0.1) is 11.2 Å². The van der Waals surface area contributed by atoms with Gasteiger partial charge in [-0.1, -0.05) is 36.4 Å². The van der Waals surface area contributed by atoms with E-state index in [1.165, 1.54) is 0 Å². The Morgan fingerprint density at radius 2 is 1.73 bits per heavy atom. The van der Waals surface area contributed by atoms with Gasteiger partial charge < -0.3 is 10.2 Å². The van der Waals surface area contributed by atoms with E-state index < -0.39 is 12.2 Å². The molecule has 4 rings (SSSR count). The fourth-order valence-electron chi connectivity index (χ4n) is 3.42. The largest absolute Gasteiger partial charge is 0.385 e. The van der Waals surface area contributed by atoms with Crippen LogP contribution in [0.3, 0.4) is 0 Å². The van der Waals surface area contributed by atoms with Crippen LogP contribution in [0.2, 0.25) is 0 Å². The van der Waals surface area contributed by atoms with Gasteiger partial charge in [-0.15, -0.1) is 0 Å². The molecular weight excluding hydrogens is 274 g/mol. The Hall–Kier alpha value is -2.23. The maximum absolute atomic E-state index is 10.6. The lowest BCUT2D eigenvalue weighted by molar-refractivity contribution is 0.0152. The van der Waals surface area contributed by atoms with Crippen LogP contribution < -0.4 is 0 Å². The van der Waals surface area contributed by atoms with Crippen LogP contribution in [0.25, 0.3) is 22.2 Å². The molecule has 2 N–H and O–H groups in total. The Morgan fingerprint density at radius 1 is 0.955 bits per heavy atom. The quantitative estimate of drug-likeness (QED) is 0.665. The molecule has 2 atom stereocenters. The van der Waals surface area contributed by atoms with E-state index in [2.05, 4.69) is 6.07 Å². The first-order valence-corrected chi connectivity index (χ1v) is 7.44. The molecule has 110 valence electrons. The number of aliphatic hydroxyl groups is 2. The summed E-state index contributed by atoms with van der Waals surface area (Å²) in [5, 5.41) is 22.0. The van der Waals surface area contributed by atoms with Crippen molar-refractivity contribution in [2.24, 2.45) is 0 Å². The third kappa shape index (κ3) is 1.73. The number of pyridine rings is 1. The summed E-state index contributed by atoms with van der Waals surface area (Å²) < 4.78 is 0. The minimum atomic E-state index is -0.942. The van der Waals surface area contributed by atoms with E-state index >= 15 is 0 Å². The SMILES string of the molecule is Cc1ccc2c(C)c3c(nc2c1)-c1ccccc1[C@@H](O)[C@@H]3O. The molecule has 0 aliphatic heterocycles. The second-order valence-electron chi connectivity index (χ2n) is 6.00. The van der Waals surface area contributed by atoms with Crippen molar-refractivity contribution in [3.63, 3.8) is 0 Å². The second-order valence-corrected chi connectivity index (χ2v) is 6.00. The lowest BCUT2D eigenvalue weighted by atomic mass is 9.82. The lowest BCUT2D eigenvalue weighted by Gasteiger charge is -2.30. The van der Waals surface area contributed by atoms with E-state index in [1.54, 1.807) is 0 Å². The zero-order chi connectivity index (χ0) is 15.4. The van der Waals surface area contributed by atoms with E-state index in [-0.39, 0.29) is 0 Å². The maximum atomic E-state index is 10.6. The van der Waals surface area contributed by atoms with Gasteiger partial charge in [-0.25, -0.2) is 4.98 Å². The maximum Gasteiger partial charge on any atom is 0.111 e. The molecule has 0 spiro atoms. The zero-order valence-electron chi connectivity index (χ0n) is 12.5. The molecule has 3 aromatic rings. The molecule has 0 saturated carbocycles. The minimum Gasteiger partial charge on any atom is -0.385 e. The van der Waals surface area contributed by atoms with Gasteiger partial charge in [0, 0.05) is 16.5 Å². The van der Waals surface area contributed by atoms with Crippen LogP contribution in [0.15, 0.2) is 42.5 Å². The minimum absolute atomic E-state index is 0.737. The summed E-state index contributed by atoms with van der Waals surface area (Å²) in [4.78, 5) is 4.79. The first kappa shape index (κ1) is 13.4. The second kappa shape index (κ2) is 4.63. The first-order valence-electron chi connectivity index (χ1n) is 7.44. The molecule has 3 heteroatoms. The molecule has 0 bridgehead atoms. The predicted octanol–water partition coefficient (Wildman–Crippen LogP) is 3.60. The smallest absolute Gasteiger partial charge is 0.111 e. The monoisotopic (exact) mass is 291 g/mol. The van der Waals surface area contributed by atoms with Crippen LogP contribution >= 0.6 is 0 Å². The summed E-state index contributed by atoms with van der Waals surface area (Å²) in [5.74, 6) is 0. The lowest BCUT2D eigenvalue weighted by Crippen LogP contribution is -2.19. The number of aryl methyl sites for hydroxylation is 2. The Balaban J connectivity index is 2.14. The average molecular weight is 291 g/mol. The first-order chi connectivity index (χ1) is 10.6. The van der Waals surface area contributed by atoms with Crippen molar-refractivity contribution in [3.8, 4) is 11.3 Å². The molecule has 1 aliphatic rings. The summed E-state index contributed by atoms with van der Waals surface area (Å²) in [6.45, 7) is 4.03. The van der Waals surface area contributed by atoms with Gasteiger partial charge in [0.2, 0.25) is 0 Å². The van der Waals surface area contributed by atoms with E-state index in [0.717, 1.165) is 44.4 Å². The summed E-state index contributed by atoms with van der Waals surface area (Å²) in [7, 11) is 0. The van der Waals surface area contributed by atoms with Crippen molar-refractivity contribution < 1.29 is 10.2 Å². The third-order valence-corrected chi connectivity index (χ3v) is 4.58. The number of fused-ring (bicyclic) bond motifs is 4. The topological polar surface area (TPSA) is 53.4 Å². The van der Waals surface area contributed by atoms with Crippen molar-refractivity contribution >= 4 is 10.9 Å². The van der Waals surface area contributed by atoms with Crippen LogP contribution in [0, 0.1) is 13.8 Å². The number of benzene rings is 2. The summed E-state index contributed by atoms with van der Waals surface area (Å²) in [5.41, 5.74) is 6.23. The van der Waals surface area contributed by atoms with Crippen LogP contribution in [-0.2, 0) is 0 Å². The normalized spacial score (nSPS) is 19.8. The van der Waals surface area contributed by atoms with Crippen LogP contribution in [0.4, 0.5) is 0 Å². The summed E-state index contributed by atoms with van der Waals surface area (Å²) in [6, 6.07) is 13.8. The molecule has 0 unspecified atom stereocenters. The number of aliphatic hydroxyl groups excluding tert-OH is 2. The molecule has 3 nitrogen and oxygen atoms in total. The molecule has 1 aliphatic carbocycles. The fraction of sp³-hybridized carbons (Fsp3) is 0.211. The van der Waals surface area contributed by atoms with Crippen LogP contribution in [-0.4, -0.2) is 15.2 Å². The van der Waals surface area contributed by atoms with Gasteiger partial charge >= 0.3 is 0 Å². The van der Waals surface area contributed by atoms with Gasteiger partial charge in [0.1, 0.15) is 12.2 Å². The van der Waals surface area contributed by atoms with Gasteiger partial charge in [0.25, 0.3) is 0 Å². The number of nitrogens with zero attached hydrogens (tertiary/aromatic N) is 1. The molecule has 0 amide bonds. The van der Waals surface area contributed by atoms with E-state index in [4.69, 9.17) is 4.98 Å². The van der Waals surface area contributed by atoms with Crippen molar-refractivity contribution in [3.05, 3.63) is 64.7 Å². The molecule has 2 aromatic carbocycles. The number of rotatable bonds is 0. The van der Waals surface area contributed by atoms with Crippen molar-refractivity contribution in [1.29, 1.82) is 0 Å². The third-order valence-electron chi connectivity index (χ3n) is 4.58. The van der Waals surface area contributed by atoms with Gasteiger partial charge in [-0.2, -0.15) is 0 Å². The summed E-state index contributed by atoms with van der Waals surface area (Å²) >= 11 is 0. The van der Waals surface area contributed by atoms with Crippen molar-refractivity contribution in [2.75, 3.05) is 0 Å². The number of hydrogen-bond acceptors (Lipinski definition) is 3. The van der Waals surface area contributed by atoms with Crippen molar-refractivity contribution in [1.82, 2.24) is 4.98 Å². The van der Waals surface area contributed by atoms with Crippen LogP contribution in [0.5, 0.6) is 0 Å². The van der Waals surface area contributed by atoms with E-state index in [0.29, 0.717) is 0 Å². The zero-order valence-corrected chi connectivity index (χ0v) is 12.5. The van der Waals surface area contributed by atoms with Gasteiger partial charge in [-0.3, -0.25) is 0 Å². The fourth-order valence-corrected chi connectivity index (χ4v) is 3.42. The highest BCUT2D eigenvalue weighted by atomic mass is 16.3. The Kier molecular flexibility index (Phi) is 2.83. The summed E-state index contributed by atoms with van der Waals surface area (Å²) in [6.07, 6.45) is -1.85. The molecule has 1 heterocycles. The van der Waals surface area contributed by atoms with Gasteiger partial charge in [-0.05, 0) is 36.6 Å². The Morgan fingerprint density at radius 3 is 2.55 bits per heavy atom. The molecule has 0 saturated heterocycles. The Labute approximate surface area is 128 Å². The number of hydrogen-bond donors (Lipinski definition) is 2. The van der Waals surface area contributed by atoms with Gasteiger partial charge in [0.15, 0.2) is 0 Å². The van der Waals surface area contributed by atoms with Crippen LogP contribution in [0.1, 0.15) is 34.5 Å². The molecule has 22 heavy (non-hydrogen) atoms. The average Bonchev–Trinajstić information content (AvgIpc) is 2.52.